The number of nitrogens with two attached hydrogens (primary N) is 1. The van der Waals surface area contributed by atoms with E-state index in [0.717, 1.165) is 21.0 Å². The minimum Gasteiger partial charge on any atom is -0.456 e. The van der Waals surface area contributed by atoms with Crippen LogP contribution in [-0.2, 0) is 0 Å². The molecule has 4 heteroatoms. The largest absolute Gasteiger partial charge is 0.456 e. The molecule has 3 nitrogen and oxygen atoms in total. The molecule has 0 aliphatic carbocycles. The fourth-order valence-corrected chi connectivity index (χ4v) is 2.23. The molecule has 0 radical (unpaired) electrons. The SMILES string of the molecule is Nc1ccc(Oc2ccc3cc(Br)ccc3c2)cn1. The zero-order valence-corrected chi connectivity index (χ0v) is 11.6. The number of benzene rings is 2. The van der Waals surface area contributed by atoms with Gasteiger partial charge in [0, 0.05) is 4.47 Å². The van der Waals surface area contributed by atoms with E-state index in [1.54, 1.807) is 18.3 Å². The molecular formula is C15H11BrN2O. The number of fused-ring (bicyclic) bond motifs is 1. The molecule has 3 aromatic rings. The van der Waals surface area contributed by atoms with E-state index in [-0.39, 0.29) is 0 Å². The van der Waals surface area contributed by atoms with E-state index >= 15 is 0 Å². The summed E-state index contributed by atoms with van der Waals surface area (Å²) in [4.78, 5) is 4.00. The summed E-state index contributed by atoms with van der Waals surface area (Å²) in [5.74, 6) is 1.93. The molecule has 0 fully saturated rings. The number of anilines is 1. The molecule has 0 aliphatic heterocycles. The lowest BCUT2D eigenvalue weighted by Gasteiger charge is -2.07. The van der Waals surface area contributed by atoms with Crippen LogP contribution in [0.5, 0.6) is 11.5 Å². The molecule has 0 bridgehead atoms. The van der Waals surface area contributed by atoms with Crippen LogP contribution >= 0.6 is 15.9 Å². The van der Waals surface area contributed by atoms with E-state index in [4.69, 9.17) is 10.5 Å². The Morgan fingerprint density at radius 3 is 2.42 bits per heavy atom. The van der Waals surface area contributed by atoms with Gasteiger partial charge in [0.05, 0.1) is 6.20 Å². The molecule has 1 heterocycles. The van der Waals surface area contributed by atoms with Gasteiger partial charge in [0.25, 0.3) is 0 Å². The number of hydrogen-bond acceptors (Lipinski definition) is 3. The van der Waals surface area contributed by atoms with Crippen LogP contribution in [0.25, 0.3) is 10.8 Å². The Morgan fingerprint density at radius 2 is 1.63 bits per heavy atom. The highest BCUT2D eigenvalue weighted by Gasteiger charge is 2.00. The van der Waals surface area contributed by atoms with Crippen molar-refractivity contribution >= 4 is 32.5 Å². The van der Waals surface area contributed by atoms with Crippen molar-refractivity contribution < 1.29 is 4.74 Å². The molecule has 0 saturated carbocycles. The Morgan fingerprint density at radius 1 is 0.895 bits per heavy atom. The molecule has 3 rings (SSSR count). The Labute approximate surface area is 119 Å². The summed E-state index contributed by atoms with van der Waals surface area (Å²) < 4.78 is 6.81. The first-order valence-corrected chi connectivity index (χ1v) is 6.59. The summed E-state index contributed by atoms with van der Waals surface area (Å²) in [7, 11) is 0. The van der Waals surface area contributed by atoms with Gasteiger partial charge in [-0.1, -0.05) is 28.1 Å². The second-order valence-corrected chi connectivity index (χ2v) is 5.09. The van der Waals surface area contributed by atoms with Crippen molar-refractivity contribution in [2.24, 2.45) is 0 Å². The fourth-order valence-electron chi connectivity index (χ4n) is 1.85. The summed E-state index contributed by atoms with van der Waals surface area (Å²) in [6, 6.07) is 15.6. The van der Waals surface area contributed by atoms with Gasteiger partial charge in [-0.25, -0.2) is 4.98 Å². The predicted molar refractivity (Wildman–Crippen MR) is 80.4 cm³/mol. The zero-order chi connectivity index (χ0) is 13.2. The lowest BCUT2D eigenvalue weighted by molar-refractivity contribution is 0.481. The number of rotatable bonds is 2. The van der Waals surface area contributed by atoms with Crippen molar-refractivity contribution in [1.82, 2.24) is 4.98 Å². The number of pyridine rings is 1. The number of halogens is 1. The van der Waals surface area contributed by atoms with Gasteiger partial charge in [-0.05, 0) is 47.2 Å². The minimum absolute atomic E-state index is 0.482. The minimum atomic E-state index is 0.482. The monoisotopic (exact) mass is 314 g/mol. The molecular weight excluding hydrogens is 304 g/mol. The van der Waals surface area contributed by atoms with E-state index in [2.05, 4.69) is 27.0 Å². The number of ether oxygens (including phenoxy) is 1. The molecule has 0 aliphatic rings. The molecule has 0 spiro atoms. The van der Waals surface area contributed by atoms with Gasteiger partial charge in [0.1, 0.15) is 17.3 Å². The lowest BCUT2D eigenvalue weighted by atomic mass is 10.1. The third kappa shape index (κ3) is 2.69. The van der Waals surface area contributed by atoms with Crippen LogP contribution in [0.2, 0.25) is 0 Å². The lowest BCUT2D eigenvalue weighted by Crippen LogP contribution is -1.90. The van der Waals surface area contributed by atoms with E-state index in [1.807, 2.05) is 30.3 Å². The topological polar surface area (TPSA) is 48.1 Å². The van der Waals surface area contributed by atoms with Crippen LogP contribution in [-0.4, -0.2) is 4.98 Å². The Balaban J connectivity index is 1.93. The second-order valence-electron chi connectivity index (χ2n) is 4.17. The first kappa shape index (κ1) is 12.0. The Bertz CT molecular complexity index is 726. The van der Waals surface area contributed by atoms with Crippen molar-refractivity contribution in [3.63, 3.8) is 0 Å². The van der Waals surface area contributed by atoms with Crippen LogP contribution in [0, 0.1) is 0 Å². The van der Waals surface area contributed by atoms with Gasteiger partial charge in [0.2, 0.25) is 0 Å². The standard InChI is InChI=1S/C15H11BrN2O/c16-12-3-1-11-8-13(4-2-10(11)7-12)19-14-5-6-15(17)18-9-14/h1-9H,(H2,17,18). The van der Waals surface area contributed by atoms with Crippen LogP contribution < -0.4 is 10.5 Å². The molecule has 0 saturated heterocycles. The molecule has 2 N–H and O–H groups in total. The second kappa shape index (κ2) is 4.90. The number of nitrogen functional groups attached to an aromatic ring is 1. The maximum absolute atomic E-state index is 5.74. The Kier molecular flexibility index (Phi) is 3.09. The van der Waals surface area contributed by atoms with Crippen molar-refractivity contribution in [3.8, 4) is 11.5 Å². The van der Waals surface area contributed by atoms with E-state index in [9.17, 15) is 0 Å². The van der Waals surface area contributed by atoms with Crippen molar-refractivity contribution in [1.29, 1.82) is 0 Å². The molecule has 0 unspecified atom stereocenters. The summed E-state index contributed by atoms with van der Waals surface area (Å²) in [6.45, 7) is 0. The van der Waals surface area contributed by atoms with Crippen LogP contribution in [0.1, 0.15) is 0 Å². The highest BCUT2D eigenvalue weighted by Crippen LogP contribution is 2.27. The molecule has 0 amide bonds. The molecule has 94 valence electrons. The van der Waals surface area contributed by atoms with Gasteiger partial charge in [-0.15, -0.1) is 0 Å². The maximum atomic E-state index is 5.74. The summed E-state index contributed by atoms with van der Waals surface area (Å²) in [5.41, 5.74) is 5.54. The van der Waals surface area contributed by atoms with E-state index in [0.29, 0.717) is 11.6 Å². The molecule has 1 aromatic heterocycles. The smallest absolute Gasteiger partial charge is 0.145 e. The fraction of sp³-hybridized carbons (Fsp3) is 0. The highest BCUT2D eigenvalue weighted by molar-refractivity contribution is 9.10. The third-order valence-corrected chi connectivity index (χ3v) is 3.26. The quantitative estimate of drug-likeness (QED) is 0.764. The van der Waals surface area contributed by atoms with E-state index in [1.165, 1.54) is 0 Å². The van der Waals surface area contributed by atoms with Gasteiger partial charge in [-0.2, -0.15) is 0 Å². The number of hydrogen-bond donors (Lipinski definition) is 1. The van der Waals surface area contributed by atoms with Crippen molar-refractivity contribution in [2.75, 3.05) is 5.73 Å². The van der Waals surface area contributed by atoms with Gasteiger partial charge >= 0.3 is 0 Å². The van der Waals surface area contributed by atoms with Crippen LogP contribution in [0.15, 0.2) is 59.2 Å². The molecule has 0 atom stereocenters. The third-order valence-electron chi connectivity index (χ3n) is 2.77. The van der Waals surface area contributed by atoms with Crippen molar-refractivity contribution in [2.45, 2.75) is 0 Å². The van der Waals surface area contributed by atoms with Gasteiger partial charge < -0.3 is 10.5 Å². The summed E-state index contributed by atoms with van der Waals surface area (Å²) >= 11 is 3.46. The zero-order valence-electron chi connectivity index (χ0n) is 10.0. The van der Waals surface area contributed by atoms with Crippen LogP contribution in [0.3, 0.4) is 0 Å². The summed E-state index contributed by atoms with van der Waals surface area (Å²) in [5, 5.41) is 2.29. The van der Waals surface area contributed by atoms with Crippen LogP contribution in [0.4, 0.5) is 5.82 Å². The summed E-state index contributed by atoms with van der Waals surface area (Å²) in [6.07, 6.45) is 1.61. The van der Waals surface area contributed by atoms with E-state index < -0.39 is 0 Å². The highest BCUT2D eigenvalue weighted by atomic mass is 79.9. The number of nitrogens with zero attached hydrogens (tertiary/aromatic N) is 1. The first-order chi connectivity index (χ1) is 9.20. The molecule has 19 heavy (non-hydrogen) atoms. The predicted octanol–water partition coefficient (Wildman–Crippen LogP) is 4.37. The Hall–Kier alpha value is -2.07. The van der Waals surface area contributed by atoms with Gasteiger partial charge in [0.15, 0.2) is 0 Å². The normalized spacial score (nSPS) is 10.6. The average Bonchev–Trinajstić information content (AvgIpc) is 2.42. The average molecular weight is 315 g/mol. The van der Waals surface area contributed by atoms with Gasteiger partial charge in [-0.3, -0.25) is 0 Å². The number of aromatic nitrogens is 1. The maximum Gasteiger partial charge on any atom is 0.145 e. The molecule has 2 aromatic carbocycles. The first-order valence-electron chi connectivity index (χ1n) is 5.79. The van der Waals surface area contributed by atoms with Crippen molar-refractivity contribution in [3.05, 3.63) is 59.2 Å².